The van der Waals surface area contributed by atoms with Gasteiger partial charge in [-0.25, -0.2) is 4.79 Å². The average Bonchev–Trinajstić information content (AvgIpc) is 3.44. The van der Waals surface area contributed by atoms with Gasteiger partial charge in [0.05, 0.1) is 5.56 Å². The molecule has 3 aromatic carbocycles. The molecule has 0 bridgehead atoms. The highest BCUT2D eigenvalue weighted by molar-refractivity contribution is 6.10. The summed E-state index contributed by atoms with van der Waals surface area (Å²) in [5.74, 6) is 2.22. The van der Waals surface area contributed by atoms with Crippen molar-refractivity contribution in [1.29, 1.82) is 0 Å². The number of hydrogen-bond acceptors (Lipinski definition) is 7. The molecular formula is C21H14O7. The predicted molar refractivity (Wildman–Crippen MR) is 96.8 cm³/mol. The summed E-state index contributed by atoms with van der Waals surface area (Å²) in [5, 5.41) is 1.69. The summed E-state index contributed by atoms with van der Waals surface area (Å²) in [6.07, 6.45) is -0.800. The molecule has 0 amide bonds. The number of methoxy groups -OCH3 is 1. The lowest BCUT2D eigenvalue weighted by molar-refractivity contribution is -0.0812. The van der Waals surface area contributed by atoms with Crippen LogP contribution in [0.5, 0.6) is 23.0 Å². The molecule has 140 valence electrons. The second-order valence-electron chi connectivity index (χ2n) is 6.65. The van der Waals surface area contributed by atoms with Gasteiger partial charge in [-0.1, -0.05) is 12.1 Å². The summed E-state index contributed by atoms with van der Waals surface area (Å²) < 4.78 is 33.2. The highest BCUT2D eigenvalue weighted by Gasteiger charge is 2.37. The predicted octanol–water partition coefficient (Wildman–Crippen LogP) is 3.78. The molecule has 0 saturated carbocycles. The van der Waals surface area contributed by atoms with E-state index in [9.17, 15) is 4.79 Å². The van der Waals surface area contributed by atoms with Crippen molar-refractivity contribution in [3.8, 4) is 34.1 Å². The van der Waals surface area contributed by atoms with E-state index in [1.165, 1.54) is 7.11 Å². The van der Waals surface area contributed by atoms with Gasteiger partial charge in [-0.2, -0.15) is 0 Å². The van der Waals surface area contributed by atoms with Crippen LogP contribution in [0.1, 0.15) is 22.2 Å². The second-order valence-corrected chi connectivity index (χ2v) is 6.65. The monoisotopic (exact) mass is 378 g/mol. The number of esters is 1. The van der Waals surface area contributed by atoms with Crippen molar-refractivity contribution in [2.45, 2.75) is 6.29 Å². The van der Waals surface area contributed by atoms with Crippen molar-refractivity contribution >= 4 is 16.7 Å². The van der Waals surface area contributed by atoms with Gasteiger partial charge in [-0.05, 0) is 35.2 Å². The number of benzene rings is 3. The Morgan fingerprint density at radius 3 is 2.61 bits per heavy atom. The topological polar surface area (TPSA) is 72.5 Å². The number of carbonyl (C=O) groups is 1. The maximum absolute atomic E-state index is 12.5. The van der Waals surface area contributed by atoms with Gasteiger partial charge in [0, 0.05) is 23.6 Å². The molecule has 0 radical (unpaired) electrons. The Labute approximate surface area is 159 Å². The van der Waals surface area contributed by atoms with E-state index in [2.05, 4.69) is 0 Å². The van der Waals surface area contributed by atoms with Crippen molar-refractivity contribution in [3.05, 3.63) is 47.5 Å². The number of carbonyl (C=O) groups excluding carboxylic acids is 1. The molecule has 0 aromatic heterocycles. The zero-order valence-electron chi connectivity index (χ0n) is 14.8. The molecule has 3 aromatic rings. The normalized spacial score (nSPS) is 18.5. The van der Waals surface area contributed by atoms with Gasteiger partial charge in [-0.15, -0.1) is 0 Å². The Bertz CT molecular complexity index is 1170. The Morgan fingerprint density at radius 2 is 1.71 bits per heavy atom. The van der Waals surface area contributed by atoms with E-state index in [4.69, 9.17) is 28.4 Å². The largest absolute Gasteiger partial charge is 0.454 e. The van der Waals surface area contributed by atoms with Gasteiger partial charge >= 0.3 is 5.97 Å². The van der Waals surface area contributed by atoms with E-state index in [0.29, 0.717) is 34.1 Å². The van der Waals surface area contributed by atoms with Crippen molar-refractivity contribution in [2.75, 3.05) is 20.7 Å². The maximum Gasteiger partial charge on any atom is 0.341 e. The highest BCUT2D eigenvalue weighted by Crippen LogP contribution is 2.50. The standard InChI is InChI=1S/C21H14O7/c1-23-21-18-12(20(22)28-21)6-10-3-5-14-19(27-9-25-14)17(10)16(18)11-2-4-13-15(7-11)26-8-24-13/h2-7,21H,8-9H2,1H3/t21-/m0/s1. The van der Waals surface area contributed by atoms with E-state index in [1.54, 1.807) is 0 Å². The minimum Gasteiger partial charge on any atom is -0.454 e. The zero-order chi connectivity index (χ0) is 18.8. The summed E-state index contributed by atoms with van der Waals surface area (Å²) >= 11 is 0. The molecule has 7 heteroatoms. The second kappa shape index (κ2) is 5.53. The van der Waals surface area contributed by atoms with Gasteiger partial charge in [-0.3, -0.25) is 0 Å². The number of fused-ring (bicyclic) bond motifs is 5. The number of ether oxygens (including phenoxy) is 6. The maximum atomic E-state index is 12.5. The lowest BCUT2D eigenvalue weighted by Gasteiger charge is -2.17. The first-order valence-electron chi connectivity index (χ1n) is 8.77. The Morgan fingerprint density at radius 1 is 0.929 bits per heavy atom. The number of rotatable bonds is 2. The molecule has 6 rings (SSSR count). The third-order valence-electron chi connectivity index (χ3n) is 5.23. The minimum atomic E-state index is -0.800. The van der Waals surface area contributed by atoms with Crippen LogP contribution in [0.3, 0.4) is 0 Å². The van der Waals surface area contributed by atoms with Crippen LogP contribution in [0.25, 0.3) is 21.9 Å². The van der Waals surface area contributed by atoms with Gasteiger partial charge < -0.3 is 28.4 Å². The van der Waals surface area contributed by atoms with Crippen molar-refractivity contribution in [1.82, 2.24) is 0 Å². The van der Waals surface area contributed by atoms with Gasteiger partial charge in [0.25, 0.3) is 0 Å². The Kier molecular flexibility index (Phi) is 3.08. The molecule has 3 heterocycles. The molecule has 1 atom stereocenters. The van der Waals surface area contributed by atoms with Crippen LogP contribution in [0.2, 0.25) is 0 Å². The molecule has 0 N–H and O–H groups in total. The quantitative estimate of drug-likeness (QED) is 0.629. The first-order valence-corrected chi connectivity index (χ1v) is 8.77. The van der Waals surface area contributed by atoms with E-state index in [0.717, 1.165) is 21.9 Å². The molecular weight excluding hydrogens is 364 g/mol. The zero-order valence-corrected chi connectivity index (χ0v) is 14.8. The Hall–Kier alpha value is -3.45. The van der Waals surface area contributed by atoms with Crippen molar-refractivity contribution in [2.24, 2.45) is 0 Å². The van der Waals surface area contributed by atoms with Gasteiger partial charge in [0.1, 0.15) is 0 Å². The summed E-state index contributed by atoms with van der Waals surface area (Å²) in [7, 11) is 1.51. The Balaban J connectivity index is 1.74. The summed E-state index contributed by atoms with van der Waals surface area (Å²) in [4.78, 5) is 12.5. The smallest absolute Gasteiger partial charge is 0.341 e. The van der Waals surface area contributed by atoms with Crippen LogP contribution in [-0.4, -0.2) is 26.7 Å². The highest BCUT2D eigenvalue weighted by atomic mass is 16.7. The van der Waals surface area contributed by atoms with Crippen LogP contribution in [0.15, 0.2) is 36.4 Å². The first kappa shape index (κ1) is 15.6. The lowest BCUT2D eigenvalue weighted by atomic mass is 9.89. The van der Waals surface area contributed by atoms with Crippen LogP contribution in [0.4, 0.5) is 0 Å². The summed E-state index contributed by atoms with van der Waals surface area (Å²) in [6.45, 7) is 0.330. The fourth-order valence-electron chi connectivity index (χ4n) is 4.02. The number of hydrogen-bond donors (Lipinski definition) is 0. The first-order chi connectivity index (χ1) is 13.7. The number of cyclic esters (lactones) is 1. The molecule has 3 aliphatic heterocycles. The van der Waals surface area contributed by atoms with Crippen molar-refractivity contribution < 1.29 is 33.2 Å². The molecule has 0 aliphatic carbocycles. The fraction of sp³-hybridized carbons (Fsp3) is 0.190. The fourth-order valence-corrected chi connectivity index (χ4v) is 4.02. The van der Waals surface area contributed by atoms with Crippen LogP contribution in [-0.2, 0) is 9.47 Å². The van der Waals surface area contributed by atoms with Gasteiger partial charge in [0.15, 0.2) is 23.0 Å². The van der Waals surface area contributed by atoms with E-state index < -0.39 is 12.3 Å². The molecule has 0 unspecified atom stereocenters. The minimum absolute atomic E-state index is 0.148. The molecule has 28 heavy (non-hydrogen) atoms. The average molecular weight is 378 g/mol. The molecule has 0 saturated heterocycles. The van der Waals surface area contributed by atoms with E-state index in [1.807, 2.05) is 36.4 Å². The third-order valence-corrected chi connectivity index (χ3v) is 5.23. The molecule has 3 aliphatic rings. The van der Waals surface area contributed by atoms with Crippen LogP contribution >= 0.6 is 0 Å². The molecule has 0 spiro atoms. The van der Waals surface area contributed by atoms with E-state index in [-0.39, 0.29) is 13.6 Å². The summed E-state index contributed by atoms with van der Waals surface area (Å²) in [5.41, 5.74) is 2.79. The van der Waals surface area contributed by atoms with Gasteiger partial charge in [0.2, 0.25) is 19.9 Å². The third kappa shape index (κ3) is 1.99. The molecule has 0 fully saturated rings. The van der Waals surface area contributed by atoms with Crippen LogP contribution in [0, 0.1) is 0 Å². The SMILES string of the molecule is CO[C@H]1OC(=O)c2cc3ccc4c(c3c(-c3ccc5c(c3)OCO5)c21)OCO4. The van der Waals surface area contributed by atoms with E-state index >= 15 is 0 Å². The van der Waals surface area contributed by atoms with Crippen molar-refractivity contribution in [3.63, 3.8) is 0 Å². The van der Waals surface area contributed by atoms with Crippen LogP contribution < -0.4 is 18.9 Å². The lowest BCUT2D eigenvalue weighted by Crippen LogP contribution is -2.02. The summed E-state index contributed by atoms with van der Waals surface area (Å²) in [6, 6.07) is 11.2. The molecule has 7 nitrogen and oxygen atoms in total.